The SMILES string of the molecule is CO[C@@H]1[C@@H](OCc2ccccc2)O[C@H](CO)[C@@H](O)[C@@]1(O)S(=O)c1ccc(C)cc1. The maximum atomic E-state index is 13.3. The molecular weight excluding hydrogens is 396 g/mol. The first-order valence-electron chi connectivity index (χ1n) is 9.25. The number of benzene rings is 2. The first kappa shape index (κ1) is 22.0. The molecule has 0 aromatic heterocycles. The Bertz CT molecular complexity index is 814. The molecule has 1 fully saturated rings. The van der Waals surface area contributed by atoms with Crippen LogP contribution in [0.4, 0.5) is 0 Å². The van der Waals surface area contributed by atoms with Crippen LogP contribution in [0.25, 0.3) is 0 Å². The highest BCUT2D eigenvalue weighted by atomic mass is 32.2. The van der Waals surface area contributed by atoms with Gasteiger partial charge in [-0.05, 0) is 24.6 Å². The van der Waals surface area contributed by atoms with Gasteiger partial charge in [0.2, 0.25) is 4.93 Å². The van der Waals surface area contributed by atoms with Gasteiger partial charge in [0.25, 0.3) is 0 Å². The lowest BCUT2D eigenvalue weighted by molar-refractivity contribution is -0.318. The fraction of sp³-hybridized carbons (Fsp3) is 0.429. The van der Waals surface area contributed by atoms with Crippen LogP contribution in [0.15, 0.2) is 59.5 Å². The summed E-state index contributed by atoms with van der Waals surface area (Å²) in [7, 11) is -0.770. The molecule has 2 aromatic carbocycles. The Morgan fingerprint density at radius 1 is 1.14 bits per heavy atom. The standard InChI is InChI=1S/C21H26O7S/c1-14-8-10-16(11-9-14)29(25)21(24)18(23)17(12-22)28-20(19(21)26-2)27-13-15-6-4-3-5-7-15/h3-11,17-20,22-24H,12-13H2,1-2H3/t17-,18-,19-,20+,21-,29?/m1/s1. The Morgan fingerprint density at radius 2 is 1.79 bits per heavy atom. The van der Waals surface area contributed by atoms with Crippen molar-refractivity contribution in [3.63, 3.8) is 0 Å². The molecule has 1 aliphatic heterocycles. The van der Waals surface area contributed by atoms with Crippen molar-refractivity contribution in [3.8, 4) is 0 Å². The first-order chi connectivity index (χ1) is 13.9. The largest absolute Gasteiger partial charge is 0.394 e. The minimum absolute atomic E-state index is 0.146. The number of aryl methyl sites for hydroxylation is 1. The summed E-state index contributed by atoms with van der Waals surface area (Å²) < 4.78 is 30.1. The Labute approximate surface area is 172 Å². The molecular formula is C21H26O7S. The molecule has 0 spiro atoms. The van der Waals surface area contributed by atoms with E-state index in [0.29, 0.717) is 4.90 Å². The van der Waals surface area contributed by atoms with E-state index in [4.69, 9.17) is 14.2 Å². The minimum atomic E-state index is -2.25. The van der Waals surface area contributed by atoms with Gasteiger partial charge in [-0.3, -0.25) is 4.21 Å². The molecule has 0 saturated carbocycles. The number of ether oxygens (including phenoxy) is 3. The molecule has 29 heavy (non-hydrogen) atoms. The van der Waals surface area contributed by atoms with Gasteiger partial charge in [-0.15, -0.1) is 0 Å². The zero-order chi connectivity index (χ0) is 21.0. The minimum Gasteiger partial charge on any atom is -0.394 e. The second-order valence-corrected chi connectivity index (χ2v) is 8.62. The van der Waals surface area contributed by atoms with Crippen molar-refractivity contribution in [2.75, 3.05) is 13.7 Å². The van der Waals surface area contributed by atoms with E-state index in [1.165, 1.54) is 7.11 Å². The van der Waals surface area contributed by atoms with Crippen LogP contribution in [0.2, 0.25) is 0 Å². The molecule has 1 unspecified atom stereocenters. The van der Waals surface area contributed by atoms with Crippen molar-refractivity contribution >= 4 is 10.8 Å². The molecule has 158 valence electrons. The van der Waals surface area contributed by atoms with E-state index in [-0.39, 0.29) is 6.61 Å². The molecule has 0 bridgehead atoms. The number of hydrogen-bond donors (Lipinski definition) is 3. The number of rotatable bonds is 7. The van der Waals surface area contributed by atoms with E-state index >= 15 is 0 Å². The summed E-state index contributed by atoms with van der Waals surface area (Å²) >= 11 is 0. The van der Waals surface area contributed by atoms with Crippen LogP contribution in [0.1, 0.15) is 11.1 Å². The predicted molar refractivity (Wildman–Crippen MR) is 106 cm³/mol. The Balaban J connectivity index is 1.91. The van der Waals surface area contributed by atoms with Gasteiger partial charge in [0.15, 0.2) is 12.4 Å². The monoisotopic (exact) mass is 422 g/mol. The van der Waals surface area contributed by atoms with E-state index in [9.17, 15) is 19.5 Å². The van der Waals surface area contributed by atoms with Crippen molar-refractivity contribution in [1.82, 2.24) is 0 Å². The molecule has 3 N–H and O–H groups in total. The summed E-state index contributed by atoms with van der Waals surface area (Å²) in [6, 6.07) is 16.1. The van der Waals surface area contributed by atoms with Crippen LogP contribution in [-0.4, -0.2) is 62.8 Å². The highest BCUT2D eigenvalue weighted by molar-refractivity contribution is 7.86. The van der Waals surface area contributed by atoms with Gasteiger partial charge in [-0.25, -0.2) is 0 Å². The number of aliphatic hydroxyl groups is 3. The predicted octanol–water partition coefficient (Wildman–Crippen LogP) is 1.10. The molecule has 0 aliphatic carbocycles. The third kappa shape index (κ3) is 4.44. The lowest BCUT2D eigenvalue weighted by Gasteiger charge is -2.48. The van der Waals surface area contributed by atoms with Gasteiger partial charge in [0, 0.05) is 12.0 Å². The van der Waals surface area contributed by atoms with E-state index in [2.05, 4.69) is 0 Å². The maximum Gasteiger partial charge on any atom is 0.204 e. The molecule has 0 radical (unpaired) electrons. The average Bonchev–Trinajstić information content (AvgIpc) is 2.75. The van der Waals surface area contributed by atoms with Crippen LogP contribution >= 0.6 is 0 Å². The number of methoxy groups -OCH3 is 1. The second kappa shape index (κ2) is 9.44. The van der Waals surface area contributed by atoms with E-state index < -0.39 is 46.9 Å². The maximum absolute atomic E-state index is 13.3. The molecule has 1 aliphatic rings. The zero-order valence-electron chi connectivity index (χ0n) is 16.3. The fourth-order valence-electron chi connectivity index (χ4n) is 3.32. The van der Waals surface area contributed by atoms with E-state index in [1.54, 1.807) is 24.3 Å². The summed E-state index contributed by atoms with van der Waals surface area (Å²) in [4.78, 5) is -1.93. The highest BCUT2D eigenvalue weighted by Crippen LogP contribution is 2.38. The van der Waals surface area contributed by atoms with Crippen molar-refractivity contribution in [3.05, 3.63) is 65.7 Å². The van der Waals surface area contributed by atoms with Gasteiger partial charge < -0.3 is 29.5 Å². The molecule has 1 saturated heterocycles. The summed E-state index contributed by atoms with van der Waals surface area (Å²) in [5.74, 6) is 0. The smallest absolute Gasteiger partial charge is 0.204 e. The third-order valence-electron chi connectivity index (χ3n) is 4.96. The lowest BCUT2D eigenvalue weighted by Crippen LogP contribution is -2.69. The normalized spacial score (nSPS) is 30.8. The van der Waals surface area contributed by atoms with Gasteiger partial charge >= 0.3 is 0 Å². The molecule has 0 amide bonds. The Kier molecular flexibility index (Phi) is 7.18. The quantitative estimate of drug-likeness (QED) is 0.614. The summed E-state index contributed by atoms with van der Waals surface area (Å²) in [5, 5.41) is 31.8. The van der Waals surface area contributed by atoms with Crippen molar-refractivity contribution in [1.29, 1.82) is 0 Å². The molecule has 1 heterocycles. The second-order valence-electron chi connectivity index (χ2n) is 6.96. The molecule has 8 heteroatoms. The molecule has 2 aromatic rings. The third-order valence-corrected chi connectivity index (χ3v) is 6.73. The summed E-state index contributed by atoms with van der Waals surface area (Å²) in [6.07, 6.45) is -5.26. The Morgan fingerprint density at radius 3 is 2.38 bits per heavy atom. The van der Waals surface area contributed by atoms with Gasteiger partial charge in [-0.2, -0.15) is 0 Å². The molecule has 3 rings (SSSR count). The molecule has 6 atom stereocenters. The first-order valence-corrected chi connectivity index (χ1v) is 10.4. The van der Waals surface area contributed by atoms with E-state index in [0.717, 1.165) is 11.1 Å². The summed E-state index contributed by atoms with van der Waals surface area (Å²) in [6.45, 7) is 1.45. The number of hydrogen-bond acceptors (Lipinski definition) is 7. The van der Waals surface area contributed by atoms with E-state index in [1.807, 2.05) is 37.3 Å². The Hall–Kier alpha value is -1.65. The highest BCUT2D eigenvalue weighted by Gasteiger charge is 2.60. The fourth-order valence-corrected chi connectivity index (χ4v) is 4.87. The van der Waals surface area contributed by atoms with Crippen LogP contribution in [0.5, 0.6) is 0 Å². The topological polar surface area (TPSA) is 105 Å². The number of aliphatic hydroxyl groups excluding tert-OH is 2. The van der Waals surface area contributed by atoms with Gasteiger partial charge in [0.05, 0.1) is 24.0 Å². The van der Waals surface area contributed by atoms with Crippen LogP contribution < -0.4 is 0 Å². The zero-order valence-corrected chi connectivity index (χ0v) is 17.1. The average molecular weight is 422 g/mol. The van der Waals surface area contributed by atoms with Crippen LogP contribution in [0, 0.1) is 6.92 Å². The van der Waals surface area contributed by atoms with Crippen molar-refractivity contribution in [2.45, 2.75) is 48.0 Å². The van der Waals surface area contributed by atoms with Crippen LogP contribution in [0.3, 0.4) is 0 Å². The van der Waals surface area contributed by atoms with Crippen molar-refractivity contribution < 1.29 is 33.7 Å². The van der Waals surface area contributed by atoms with Crippen molar-refractivity contribution in [2.24, 2.45) is 0 Å². The lowest BCUT2D eigenvalue weighted by atomic mass is 9.98. The van der Waals surface area contributed by atoms with Gasteiger partial charge in [0.1, 0.15) is 12.2 Å². The van der Waals surface area contributed by atoms with Gasteiger partial charge in [-0.1, -0.05) is 48.0 Å². The van der Waals surface area contributed by atoms with Crippen LogP contribution in [-0.2, 0) is 31.6 Å². The summed E-state index contributed by atoms with van der Waals surface area (Å²) in [5.41, 5.74) is 1.83. The molecule has 7 nitrogen and oxygen atoms in total.